The fourth-order valence-electron chi connectivity index (χ4n) is 1.82. The number of hydrogen-bond donors (Lipinski definition) is 0. The van der Waals surface area contributed by atoms with Gasteiger partial charge in [-0.15, -0.1) is 0 Å². The van der Waals surface area contributed by atoms with Gasteiger partial charge in [0, 0.05) is 17.3 Å². The van der Waals surface area contributed by atoms with Crippen molar-refractivity contribution in [1.82, 2.24) is 4.90 Å². The highest BCUT2D eigenvalue weighted by atomic mass is 16.2. The highest BCUT2D eigenvalue weighted by Crippen LogP contribution is 2.23. The monoisotopic (exact) mass is 247 g/mol. The maximum absolute atomic E-state index is 12.6. The third kappa shape index (κ3) is 4.02. The lowest BCUT2D eigenvalue weighted by molar-refractivity contribution is -0.128. The van der Waals surface area contributed by atoms with E-state index in [1.165, 1.54) is 0 Å². The highest BCUT2D eigenvalue weighted by molar-refractivity contribution is 5.99. The van der Waals surface area contributed by atoms with E-state index in [9.17, 15) is 4.79 Å². The SMILES string of the molecule is C=C/C=C(/C)C(C(=O)N(C=C)C(C)(C)C)=C(C)C. The fraction of sp³-hybridized carbons (Fsp3) is 0.438. The molecule has 2 nitrogen and oxygen atoms in total. The summed E-state index contributed by atoms with van der Waals surface area (Å²) >= 11 is 0. The molecule has 0 fully saturated rings. The molecule has 0 spiro atoms. The molecule has 0 aromatic heterocycles. The smallest absolute Gasteiger partial charge is 0.258 e. The van der Waals surface area contributed by atoms with E-state index >= 15 is 0 Å². The number of nitrogens with zero attached hydrogens (tertiary/aromatic N) is 1. The van der Waals surface area contributed by atoms with Crippen molar-refractivity contribution in [2.24, 2.45) is 0 Å². The van der Waals surface area contributed by atoms with Crippen LogP contribution in [0.3, 0.4) is 0 Å². The molecule has 0 aromatic carbocycles. The van der Waals surface area contributed by atoms with Gasteiger partial charge in [-0.3, -0.25) is 4.79 Å². The van der Waals surface area contributed by atoms with Crippen LogP contribution in [0, 0.1) is 0 Å². The van der Waals surface area contributed by atoms with Crippen molar-refractivity contribution in [2.45, 2.75) is 47.1 Å². The Balaban J connectivity index is 5.64. The number of hydrogen-bond acceptors (Lipinski definition) is 1. The average molecular weight is 247 g/mol. The van der Waals surface area contributed by atoms with Gasteiger partial charge in [-0.25, -0.2) is 0 Å². The van der Waals surface area contributed by atoms with Crippen LogP contribution in [0.5, 0.6) is 0 Å². The van der Waals surface area contributed by atoms with Gasteiger partial charge in [0.15, 0.2) is 0 Å². The molecule has 0 saturated heterocycles. The summed E-state index contributed by atoms with van der Waals surface area (Å²) in [6, 6.07) is 0. The Morgan fingerprint density at radius 3 is 1.89 bits per heavy atom. The van der Waals surface area contributed by atoms with E-state index in [1.807, 2.05) is 47.6 Å². The van der Waals surface area contributed by atoms with E-state index in [0.717, 1.165) is 16.7 Å². The number of amides is 1. The molecule has 0 bridgehead atoms. The molecule has 0 aromatic rings. The van der Waals surface area contributed by atoms with Gasteiger partial charge in [0.2, 0.25) is 0 Å². The summed E-state index contributed by atoms with van der Waals surface area (Å²) in [7, 11) is 0. The average Bonchev–Trinajstić information content (AvgIpc) is 2.15. The number of carbonyl (C=O) groups is 1. The lowest BCUT2D eigenvalue weighted by Gasteiger charge is -2.33. The molecule has 0 heterocycles. The van der Waals surface area contributed by atoms with E-state index in [4.69, 9.17) is 0 Å². The van der Waals surface area contributed by atoms with Gasteiger partial charge >= 0.3 is 0 Å². The van der Waals surface area contributed by atoms with Crippen LogP contribution < -0.4 is 0 Å². The van der Waals surface area contributed by atoms with E-state index in [1.54, 1.807) is 17.2 Å². The lowest BCUT2D eigenvalue weighted by Crippen LogP contribution is -2.42. The summed E-state index contributed by atoms with van der Waals surface area (Å²) in [5, 5.41) is 0. The van der Waals surface area contributed by atoms with Crippen molar-refractivity contribution in [1.29, 1.82) is 0 Å². The van der Waals surface area contributed by atoms with Crippen molar-refractivity contribution in [3.8, 4) is 0 Å². The van der Waals surface area contributed by atoms with Gasteiger partial charge < -0.3 is 4.90 Å². The predicted molar refractivity (Wildman–Crippen MR) is 79.1 cm³/mol. The van der Waals surface area contributed by atoms with Gasteiger partial charge in [-0.2, -0.15) is 0 Å². The Labute approximate surface area is 111 Å². The van der Waals surface area contributed by atoms with Crippen LogP contribution in [0.2, 0.25) is 0 Å². The number of allylic oxidation sites excluding steroid dienone is 3. The number of carbonyl (C=O) groups excluding carboxylic acids is 1. The van der Waals surface area contributed by atoms with E-state index in [-0.39, 0.29) is 11.4 Å². The minimum absolute atomic E-state index is 0.0203. The quantitative estimate of drug-likeness (QED) is 0.538. The van der Waals surface area contributed by atoms with Crippen molar-refractivity contribution < 1.29 is 4.79 Å². The van der Waals surface area contributed by atoms with E-state index in [0.29, 0.717) is 0 Å². The van der Waals surface area contributed by atoms with Crippen LogP contribution in [-0.4, -0.2) is 16.3 Å². The maximum Gasteiger partial charge on any atom is 0.258 e. The summed E-state index contributed by atoms with van der Waals surface area (Å²) in [5.41, 5.74) is 2.36. The Kier molecular flexibility index (Phi) is 5.83. The Morgan fingerprint density at radius 1 is 1.11 bits per heavy atom. The lowest BCUT2D eigenvalue weighted by atomic mass is 9.98. The molecule has 0 aliphatic rings. The summed E-state index contributed by atoms with van der Waals surface area (Å²) < 4.78 is 0. The minimum Gasteiger partial charge on any atom is -0.310 e. The highest BCUT2D eigenvalue weighted by Gasteiger charge is 2.27. The normalized spacial score (nSPS) is 11.8. The van der Waals surface area contributed by atoms with Crippen LogP contribution in [0.25, 0.3) is 0 Å². The molecule has 2 heteroatoms. The summed E-state index contributed by atoms with van der Waals surface area (Å²) in [6.45, 7) is 19.2. The molecule has 0 atom stereocenters. The van der Waals surface area contributed by atoms with Crippen LogP contribution in [0.4, 0.5) is 0 Å². The fourth-order valence-corrected chi connectivity index (χ4v) is 1.82. The molecule has 0 aliphatic carbocycles. The third-order valence-electron chi connectivity index (χ3n) is 2.60. The van der Waals surface area contributed by atoms with Gasteiger partial charge in [0.25, 0.3) is 5.91 Å². The van der Waals surface area contributed by atoms with Crippen molar-refractivity contribution in [3.05, 3.63) is 48.2 Å². The zero-order chi connectivity index (χ0) is 14.5. The first-order chi connectivity index (χ1) is 8.16. The maximum atomic E-state index is 12.6. The standard InChI is InChI=1S/C16H25NO/c1-9-11-13(5)14(12(3)4)15(18)17(10-2)16(6,7)8/h9-11H,1-2H2,3-8H3/b13-11-. The molecule has 18 heavy (non-hydrogen) atoms. The molecule has 0 aliphatic heterocycles. The second-order valence-electron chi connectivity index (χ2n) is 5.49. The van der Waals surface area contributed by atoms with Crippen molar-refractivity contribution in [3.63, 3.8) is 0 Å². The Morgan fingerprint density at radius 2 is 1.61 bits per heavy atom. The molecule has 0 saturated carbocycles. The molecular weight excluding hydrogens is 222 g/mol. The van der Waals surface area contributed by atoms with Gasteiger partial charge in [-0.05, 0) is 47.1 Å². The van der Waals surface area contributed by atoms with Crippen LogP contribution in [0.1, 0.15) is 41.5 Å². The van der Waals surface area contributed by atoms with Crippen molar-refractivity contribution >= 4 is 5.91 Å². The zero-order valence-electron chi connectivity index (χ0n) is 12.5. The first-order valence-corrected chi connectivity index (χ1v) is 6.10. The van der Waals surface area contributed by atoms with Gasteiger partial charge in [0.05, 0.1) is 0 Å². The zero-order valence-corrected chi connectivity index (χ0v) is 12.5. The Bertz CT molecular complexity index is 401. The summed E-state index contributed by atoms with van der Waals surface area (Å²) in [4.78, 5) is 14.3. The van der Waals surface area contributed by atoms with Crippen LogP contribution in [0.15, 0.2) is 48.2 Å². The third-order valence-corrected chi connectivity index (χ3v) is 2.60. The first-order valence-electron chi connectivity index (χ1n) is 6.10. The predicted octanol–water partition coefficient (Wildman–Crippen LogP) is 4.23. The second-order valence-corrected chi connectivity index (χ2v) is 5.49. The molecule has 0 rings (SSSR count). The van der Waals surface area contributed by atoms with Gasteiger partial charge in [-0.1, -0.05) is 30.9 Å². The molecule has 0 radical (unpaired) electrons. The topological polar surface area (TPSA) is 20.3 Å². The van der Waals surface area contributed by atoms with Gasteiger partial charge in [0.1, 0.15) is 0 Å². The summed E-state index contributed by atoms with van der Waals surface area (Å²) in [5.74, 6) is -0.0203. The van der Waals surface area contributed by atoms with E-state index in [2.05, 4.69) is 13.2 Å². The molecule has 100 valence electrons. The Hall–Kier alpha value is -1.57. The second kappa shape index (κ2) is 6.39. The molecule has 0 unspecified atom stereocenters. The molecular formula is C16H25NO. The van der Waals surface area contributed by atoms with Crippen molar-refractivity contribution in [2.75, 3.05) is 0 Å². The molecule has 1 amide bonds. The number of rotatable bonds is 4. The summed E-state index contributed by atoms with van der Waals surface area (Å²) in [6.07, 6.45) is 5.14. The van der Waals surface area contributed by atoms with Crippen LogP contribution in [-0.2, 0) is 4.79 Å². The molecule has 0 N–H and O–H groups in total. The van der Waals surface area contributed by atoms with Crippen LogP contribution >= 0.6 is 0 Å². The largest absolute Gasteiger partial charge is 0.310 e. The van der Waals surface area contributed by atoms with E-state index < -0.39 is 0 Å². The first kappa shape index (κ1) is 16.4. The minimum atomic E-state index is -0.284.